The van der Waals surface area contributed by atoms with Crippen LogP contribution in [0.5, 0.6) is 0 Å². The van der Waals surface area contributed by atoms with Gasteiger partial charge in [-0.15, -0.1) is 24.8 Å². The number of hydrogen-bond acceptors (Lipinski definition) is 8. The van der Waals surface area contributed by atoms with E-state index in [9.17, 15) is 0 Å². The third kappa shape index (κ3) is 9.56. The maximum Gasteiger partial charge on any atom is 0.232 e. The minimum absolute atomic E-state index is 0. The fraction of sp³-hybridized carbons (Fsp3) is 0. The SMILES string of the molecule is Cl.Cl.Clc1nc(Cl)nc(Nc2ccccc2Cl)n1.Clc1nc(Cl)nc(Nc2ccccc2Cl)n1. The number of nitrogens with one attached hydrogen (secondary N) is 2. The highest BCUT2D eigenvalue weighted by Gasteiger charge is 2.06. The molecule has 0 spiro atoms. The largest absolute Gasteiger partial charge is 0.323 e. The van der Waals surface area contributed by atoms with Crippen LogP contribution in [0.2, 0.25) is 31.2 Å². The van der Waals surface area contributed by atoms with Gasteiger partial charge in [0.15, 0.2) is 0 Å². The van der Waals surface area contributed by atoms with Crippen LogP contribution in [-0.2, 0) is 0 Å². The molecule has 0 aliphatic rings. The van der Waals surface area contributed by atoms with Gasteiger partial charge in [0, 0.05) is 0 Å². The maximum atomic E-state index is 5.95. The van der Waals surface area contributed by atoms with Crippen LogP contribution >= 0.6 is 94.4 Å². The fourth-order valence-electron chi connectivity index (χ4n) is 2.13. The van der Waals surface area contributed by atoms with E-state index >= 15 is 0 Å². The van der Waals surface area contributed by atoms with E-state index in [-0.39, 0.29) is 57.8 Å². The molecule has 0 aliphatic carbocycles. The molecule has 0 saturated carbocycles. The Morgan fingerprint density at radius 2 is 0.735 bits per heavy atom. The van der Waals surface area contributed by atoms with Gasteiger partial charge < -0.3 is 10.6 Å². The van der Waals surface area contributed by atoms with Crippen molar-refractivity contribution in [3.8, 4) is 0 Å². The molecular weight excluding hydrogens is 612 g/mol. The van der Waals surface area contributed by atoms with Crippen LogP contribution in [0.3, 0.4) is 0 Å². The number of rotatable bonds is 4. The van der Waals surface area contributed by atoms with Crippen LogP contribution in [0.15, 0.2) is 48.5 Å². The van der Waals surface area contributed by atoms with Gasteiger partial charge in [-0.2, -0.15) is 29.9 Å². The first-order valence-corrected chi connectivity index (χ1v) is 10.7. The van der Waals surface area contributed by atoms with Crippen molar-refractivity contribution in [3.63, 3.8) is 0 Å². The van der Waals surface area contributed by atoms with Crippen molar-refractivity contribution in [3.05, 3.63) is 79.7 Å². The number of halogens is 8. The second-order valence-electron chi connectivity index (χ2n) is 5.60. The summed E-state index contributed by atoms with van der Waals surface area (Å²) in [6, 6.07) is 14.4. The first kappa shape index (κ1) is 30.4. The Balaban J connectivity index is 0.000000321. The van der Waals surface area contributed by atoms with E-state index in [0.29, 0.717) is 21.4 Å². The van der Waals surface area contributed by atoms with Gasteiger partial charge in [0.25, 0.3) is 0 Å². The van der Waals surface area contributed by atoms with Gasteiger partial charge in [0.1, 0.15) is 0 Å². The molecule has 8 nitrogen and oxygen atoms in total. The molecule has 2 N–H and O–H groups in total. The molecule has 0 fully saturated rings. The van der Waals surface area contributed by atoms with Gasteiger partial charge in [0.2, 0.25) is 33.0 Å². The van der Waals surface area contributed by atoms with Crippen LogP contribution in [0.25, 0.3) is 0 Å². The van der Waals surface area contributed by atoms with Crippen molar-refractivity contribution in [1.29, 1.82) is 0 Å². The molecule has 4 aromatic rings. The van der Waals surface area contributed by atoms with Crippen LogP contribution < -0.4 is 10.6 Å². The van der Waals surface area contributed by atoms with Crippen molar-refractivity contribution >= 4 is 118 Å². The third-order valence-electron chi connectivity index (χ3n) is 3.40. The Hall–Kier alpha value is -1.62. The summed E-state index contributed by atoms with van der Waals surface area (Å²) in [5.74, 6) is 0.496. The minimum atomic E-state index is 0. The zero-order chi connectivity index (χ0) is 23.1. The van der Waals surface area contributed by atoms with Crippen LogP contribution in [0.4, 0.5) is 23.3 Å². The number of aromatic nitrogens is 6. The number of para-hydroxylation sites is 2. The molecule has 0 saturated heterocycles. The minimum Gasteiger partial charge on any atom is -0.323 e. The molecule has 0 bridgehead atoms. The maximum absolute atomic E-state index is 5.95. The molecule has 2 aromatic heterocycles. The molecule has 34 heavy (non-hydrogen) atoms. The Morgan fingerprint density at radius 1 is 0.441 bits per heavy atom. The van der Waals surface area contributed by atoms with E-state index in [1.165, 1.54) is 0 Å². The molecule has 4 rings (SSSR count). The van der Waals surface area contributed by atoms with E-state index in [0.717, 1.165) is 0 Å². The molecule has 2 aromatic carbocycles. The number of nitrogens with zero attached hydrogens (tertiary/aromatic N) is 6. The van der Waals surface area contributed by atoms with Crippen molar-refractivity contribution in [1.82, 2.24) is 29.9 Å². The molecular formula is C18H12Cl8N8. The van der Waals surface area contributed by atoms with E-state index in [1.807, 2.05) is 24.3 Å². The summed E-state index contributed by atoms with van der Waals surface area (Å²) in [5, 5.41) is 6.97. The van der Waals surface area contributed by atoms with Gasteiger partial charge in [0.05, 0.1) is 21.4 Å². The zero-order valence-corrected chi connectivity index (χ0v) is 22.6. The smallest absolute Gasteiger partial charge is 0.232 e. The van der Waals surface area contributed by atoms with Crippen LogP contribution in [-0.4, -0.2) is 29.9 Å². The Labute approximate surface area is 236 Å². The highest BCUT2D eigenvalue weighted by molar-refractivity contribution is 6.34. The number of anilines is 4. The molecule has 2 heterocycles. The summed E-state index contributed by atoms with van der Waals surface area (Å²) < 4.78 is 0. The molecule has 0 radical (unpaired) electrons. The van der Waals surface area contributed by atoms with E-state index in [4.69, 9.17) is 69.6 Å². The van der Waals surface area contributed by atoms with Gasteiger partial charge >= 0.3 is 0 Å². The molecule has 16 heteroatoms. The summed E-state index contributed by atoms with van der Waals surface area (Å²) in [7, 11) is 0. The Morgan fingerprint density at radius 3 is 1.03 bits per heavy atom. The van der Waals surface area contributed by atoms with Gasteiger partial charge in [-0.25, -0.2) is 0 Å². The van der Waals surface area contributed by atoms with Crippen molar-refractivity contribution in [2.24, 2.45) is 0 Å². The monoisotopic (exact) mass is 620 g/mol. The normalized spacial score (nSPS) is 9.59. The highest BCUT2D eigenvalue weighted by atomic mass is 35.5. The summed E-state index contributed by atoms with van der Waals surface area (Å²) in [4.78, 5) is 22.7. The molecule has 0 aliphatic heterocycles. The summed E-state index contributed by atoms with van der Waals surface area (Å²) in [6.45, 7) is 0. The molecule has 0 amide bonds. The average Bonchev–Trinajstić information content (AvgIpc) is 2.71. The first-order valence-electron chi connectivity index (χ1n) is 8.47. The van der Waals surface area contributed by atoms with Crippen molar-refractivity contribution in [2.45, 2.75) is 0 Å². The summed E-state index contributed by atoms with van der Waals surface area (Å²) in [6.07, 6.45) is 0. The average molecular weight is 624 g/mol. The van der Waals surface area contributed by atoms with Crippen molar-refractivity contribution < 1.29 is 0 Å². The lowest BCUT2D eigenvalue weighted by atomic mass is 10.3. The van der Waals surface area contributed by atoms with Gasteiger partial charge in [-0.05, 0) is 70.7 Å². The predicted octanol–water partition coefficient (Wildman–Crippen LogP) is 7.99. The highest BCUT2D eigenvalue weighted by Crippen LogP contribution is 2.25. The summed E-state index contributed by atoms with van der Waals surface area (Å²) >= 11 is 34.5. The zero-order valence-electron chi connectivity index (χ0n) is 16.4. The second-order valence-corrected chi connectivity index (χ2v) is 7.77. The van der Waals surface area contributed by atoms with Gasteiger partial charge in [-0.3, -0.25) is 0 Å². The fourth-order valence-corrected chi connectivity index (χ4v) is 3.22. The van der Waals surface area contributed by atoms with Gasteiger partial charge in [-0.1, -0.05) is 47.5 Å². The van der Waals surface area contributed by atoms with E-state index in [2.05, 4.69) is 40.5 Å². The van der Waals surface area contributed by atoms with Crippen LogP contribution in [0, 0.1) is 0 Å². The Kier molecular flexibility index (Phi) is 13.2. The quantitative estimate of drug-likeness (QED) is 0.236. The second kappa shape index (κ2) is 14.7. The predicted molar refractivity (Wildman–Crippen MR) is 144 cm³/mol. The lowest BCUT2D eigenvalue weighted by Gasteiger charge is -2.06. The third-order valence-corrected chi connectivity index (χ3v) is 4.74. The number of hydrogen-bond donors (Lipinski definition) is 2. The lowest BCUT2D eigenvalue weighted by Crippen LogP contribution is -1.99. The first-order chi connectivity index (χ1) is 15.3. The molecule has 0 atom stereocenters. The van der Waals surface area contributed by atoms with Crippen LogP contribution in [0.1, 0.15) is 0 Å². The standard InChI is InChI=1S/2C9H5Cl3N4.2ClH/c2*10-5-3-1-2-4-6(5)13-9-15-7(11)14-8(12)16-9;;/h2*1-4H,(H,13,14,15,16);2*1H. The lowest BCUT2D eigenvalue weighted by molar-refractivity contribution is 1.05. The van der Waals surface area contributed by atoms with E-state index in [1.54, 1.807) is 24.3 Å². The summed E-state index contributed by atoms with van der Waals surface area (Å²) in [5.41, 5.74) is 1.34. The Bertz CT molecular complexity index is 1090. The van der Waals surface area contributed by atoms with E-state index < -0.39 is 0 Å². The topological polar surface area (TPSA) is 101 Å². The molecule has 180 valence electrons. The molecule has 0 unspecified atom stereocenters. The number of benzene rings is 2. The van der Waals surface area contributed by atoms with Crippen molar-refractivity contribution in [2.75, 3.05) is 10.6 Å².